The van der Waals surface area contributed by atoms with Crippen molar-refractivity contribution in [1.29, 1.82) is 0 Å². The number of carbonyl (C=O) groups excluding carboxylic acids is 2. The number of hydrogen-bond acceptors (Lipinski definition) is 10. The molecule has 0 aliphatic carbocycles. The molecule has 242 valence electrons. The van der Waals surface area contributed by atoms with Gasteiger partial charge in [0.1, 0.15) is 17.6 Å². The fraction of sp³-hybridized carbons (Fsp3) is 0.500. The summed E-state index contributed by atoms with van der Waals surface area (Å²) in [6.07, 6.45) is 0.398. The van der Waals surface area contributed by atoms with E-state index in [1.807, 2.05) is 11.8 Å². The van der Waals surface area contributed by atoms with Crippen LogP contribution in [0.1, 0.15) is 54.5 Å². The Kier molecular flexibility index (Phi) is 10.3. The highest BCUT2D eigenvalue weighted by Crippen LogP contribution is 2.39. The first-order valence-corrected chi connectivity index (χ1v) is 16.0. The third-order valence-electron chi connectivity index (χ3n) is 8.14. The van der Waals surface area contributed by atoms with E-state index in [0.717, 1.165) is 36.4 Å². The SMILES string of the molecule is CCOC(=O)C(C)N1CCN(c2cnc(C(=O)Nc3nc(-c4cc(Cl)cc(C(F)(F)F)c4)c(CN4CCCC4C)s3)cn2)CC1. The van der Waals surface area contributed by atoms with Crippen LogP contribution in [0.3, 0.4) is 0 Å². The number of benzene rings is 1. The lowest BCUT2D eigenvalue weighted by molar-refractivity contribution is -0.149. The summed E-state index contributed by atoms with van der Waals surface area (Å²) in [5.74, 6) is -0.176. The number of carbonyl (C=O) groups is 2. The molecule has 1 amide bonds. The van der Waals surface area contributed by atoms with Crippen molar-refractivity contribution < 1.29 is 27.5 Å². The maximum atomic E-state index is 13.6. The summed E-state index contributed by atoms with van der Waals surface area (Å²) in [6, 6.07) is 3.36. The van der Waals surface area contributed by atoms with Gasteiger partial charge in [-0.2, -0.15) is 13.2 Å². The topological polar surface area (TPSA) is 104 Å². The number of nitrogens with one attached hydrogen (secondary N) is 1. The first-order chi connectivity index (χ1) is 21.4. The summed E-state index contributed by atoms with van der Waals surface area (Å²) in [7, 11) is 0. The van der Waals surface area contributed by atoms with E-state index >= 15 is 0 Å². The number of rotatable bonds is 9. The Morgan fingerprint density at radius 1 is 1.13 bits per heavy atom. The molecule has 3 aromatic rings. The van der Waals surface area contributed by atoms with E-state index in [2.05, 4.69) is 37.0 Å². The van der Waals surface area contributed by atoms with E-state index in [0.29, 0.717) is 56.9 Å². The zero-order chi connectivity index (χ0) is 32.3. The average molecular weight is 666 g/mol. The molecule has 15 heteroatoms. The predicted molar refractivity (Wildman–Crippen MR) is 167 cm³/mol. The van der Waals surface area contributed by atoms with Gasteiger partial charge in [0.05, 0.1) is 30.3 Å². The Morgan fingerprint density at radius 3 is 2.51 bits per heavy atom. The molecule has 45 heavy (non-hydrogen) atoms. The van der Waals surface area contributed by atoms with Crippen molar-refractivity contribution in [2.75, 3.05) is 49.5 Å². The zero-order valence-corrected chi connectivity index (χ0v) is 26.8. The number of anilines is 2. The maximum Gasteiger partial charge on any atom is 0.416 e. The minimum atomic E-state index is -4.57. The van der Waals surface area contributed by atoms with Gasteiger partial charge in [0, 0.05) is 54.2 Å². The summed E-state index contributed by atoms with van der Waals surface area (Å²) < 4.78 is 45.9. The van der Waals surface area contributed by atoms with Gasteiger partial charge >= 0.3 is 12.1 Å². The number of hydrogen-bond donors (Lipinski definition) is 1. The summed E-state index contributed by atoms with van der Waals surface area (Å²) in [4.78, 5) is 45.6. The van der Waals surface area contributed by atoms with Gasteiger partial charge in [-0.3, -0.25) is 24.7 Å². The Hall–Kier alpha value is -3.33. The van der Waals surface area contributed by atoms with Crippen molar-refractivity contribution >= 4 is 45.8 Å². The monoisotopic (exact) mass is 665 g/mol. The number of thiazole rings is 1. The van der Waals surface area contributed by atoms with Gasteiger partial charge in [0.15, 0.2) is 5.13 Å². The van der Waals surface area contributed by atoms with E-state index < -0.39 is 17.6 Å². The smallest absolute Gasteiger partial charge is 0.416 e. The van der Waals surface area contributed by atoms with Crippen molar-refractivity contribution in [1.82, 2.24) is 24.8 Å². The minimum Gasteiger partial charge on any atom is -0.465 e. The highest BCUT2D eigenvalue weighted by Gasteiger charge is 2.32. The molecule has 0 bridgehead atoms. The van der Waals surface area contributed by atoms with Crippen LogP contribution < -0.4 is 10.2 Å². The second-order valence-corrected chi connectivity index (χ2v) is 12.7. The van der Waals surface area contributed by atoms with Crippen LogP contribution in [0.2, 0.25) is 5.02 Å². The summed E-state index contributed by atoms with van der Waals surface area (Å²) in [5, 5.41) is 2.94. The molecular formula is C30H35ClF3N7O3S. The van der Waals surface area contributed by atoms with Gasteiger partial charge in [0.25, 0.3) is 5.91 Å². The third kappa shape index (κ3) is 7.91. The molecule has 0 saturated carbocycles. The molecule has 2 aliphatic rings. The first-order valence-electron chi connectivity index (χ1n) is 14.8. The Bertz CT molecular complexity index is 1510. The van der Waals surface area contributed by atoms with E-state index in [-0.39, 0.29) is 33.4 Å². The number of amides is 1. The van der Waals surface area contributed by atoms with Gasteiger partial charge in [-0.05, 0) is 58.4 Å². The molecule has 2 aliphatic heterocycles. The van der Waals surface area contributed by atoms with E-state index in [1.54, 1.807) is 6.92 Å². The molecule has 10 nitrogen and oxygen atoms in total. The molecule has 2 atom stereocenters. The molecule has 4 heterocycles. The Morgan fingerprint density at radius 2 is 1.89 bits per heavy atom. The fourth-order valence-electron chi connectivity index (χ4n) is 5.55. The van der Waals surface area contributed by atoms with Gasteiger partial charge in [-0.15, -0.1) is 0 Å². The van der Waals surface area contributed by atoms with Crippen LogP contribution in [-0.4, -0.2) is 88.0 Å². The molecule has 1 aromatic carbocycles. The largest absolute Gasteiger partial charge is 0.465 e. The Balaban J connectivity index is 1.30. The number of aromatic nitrogens is 3. The molecule has 2 aromatic heterocycles. The van der Waals surface area contributed by atoms with Crippen LogP contribution in [0.15, 0.2) is 30.6 Å². The zero-order valence-electron chi connectivity index (χ0n) is 25.2. The van der Waals surface area contributed by atoms with Crippen molar-refractivity contribution in [3.05, 3.63) is 51.7 Å². The highest BCUT2D eigenvalue weighted by atomic mass is 35.5. The van der Waals surface area contributed by atoms with Gasteiger partial charge in [0.2, 0.25) is 0 Å². The second-order valence-electron chi connectivity index (χ2n) is 11.1. The van der Waals surface area contributed by atoms with Crippen molar-refractivity contribution in [3.8, 4) is 11.3 Å². The van der Waals surface area contributed by atoms with Crippen LogP contribution in [-0.2, 0) is 22.3 Å². The van der Waals surface area contributed by atoms with Gasteiger partial charge in [-0.1, -0.05) is 22.9 Å². The Labute approximate surface area is 268 Å². The van der Waals surface area contributed by atoms with Crippen LogP contribution in [0.5, 0.6) is 0 Å². The molecule has 0 radical (unpaired) electrons. The molecular weight excluding hydrogens is 631 g/mol. The lowest BCUT2D eigenvalue weighted by Gasteiger charge is -2.37. The normalized spacial score (nSPS) is 18.6. The van der Waals surface area contributed by atoms with Crippen molar-refractivity contribution in [3.63, 3.8) is 0 Å². The minimum absolute atomic E-state index is 0.0517. The van der Waals surface area contributed by atoms with Crippen LogP contribution in [0.4, 0.5) is 24.1 Å². The number of piperazine rings is 1. The first kappa shape index (κ1) is 33.0. The average Bonchev–Trinajstić information content (AvgIpc) is 3.61. The fourth-order valence-corrected chi connectivity index (χ4v) is 6.79. The predicted octanol–water partition coefficient (Wildman–Crippen LogP) is 5.58. The van der Waals surface area contributed by atoms with Crippen LogP contribution in [0, 0.1) is 0 Å². The number of nitrogens with zero attached hydrogens (tertiary/aromatic N) is 6. The molecule has 0 spiro atoms. The number of likely N-dealkylation sites (tertiary alicyclic amines) is 1. The number of halogens is 4. The summed E-state index contributed by atoms with van der Waals surface area (Å²) >= 11 is 7.31. The van der Waals surface area contributed by atoms with Gasteiger partial charge in [-0.25, -0.2) is 15.0 Å². The van der Waals surface area contributed by atoms with Gasteiger partial charge < -0.3 is 9.64 Å². The number of ether oxygens (including phenoxy) is 1. The van der Waals surface area contributed by atoms with Crippen LogP contribution >= 0.6 is 22.9 Å². The standard InChI is InChI=1S/C30H35ClF3N7O3S/c1-4-44-28(43)19(3)39-8-10-40(11-9-39)25-16-35-23(15-36-25)27(42)38-29-37-26(24(45-29)17-41-7-5-6-18(41)2)20-12-21(30(32,33)34)14-22(31)13-20/h12-16,18-19H,4-11,17H2,1-3H3,(H,37,38,42). The lowest BCUT2D eigenvalue weighted by Crippen LogP contribution is -2.52. The molecule has 2 saturated heterocycles. The lowest BCUT2D eigenvalue weighted by atomic mass is 10.1. The van der Waals surface area contributed by atoms with E-state index in [4.69, 9.17) is 16.3 Å². The maximum absolute atomic E-state index is 13.6. The van der Waals surface area contributed by atoms with Crippen molar-refractivity contribution in [2.45, 2.75) is 58.4 Å². The van der Waals surface area contributed by atoms with Crippen molar-refractivity contribution in [2.24, 2.45) is 0 Å². The molecule has 1 N–H and O–H groups in total. The third-order valence-corrected chi connectivity index (χ3v) is 9.31. The number of esters is 1. The molecule has 5 rings (SSSR count). The quantitative estimate of drug-likeness (QED) is 0.293. The molecule has 2 unspecified atom stereocenters. The summed E-state index contributed by atoms with van der Waals surface area (Å²) in [6.45, 7) is 9.96. The van der Waals surface area contributed by atoms with Crippen LogP contribution in [0.25, 0.3) is 11.3 Å². The van der Waals surface area contributed by atoms with E-state index in [9.17, 15) is 22.8 Å². The molecule has 2 fully saturated rings. The van der Waals surface area contributed by atoms with E-state index in [1.165, 1.54) is 29.8 Å². The summed E-state index contributed by atoms with van der Waals surface area (Å²) in [5.41, 5.74) is -0.217. The number of alkyl halides is 3. The second kappa shape index (κ2) is 14.0. The highest BCUT2D eigenvalue weighted by molar-refractivity contribution is 7.16.